The first kappa shape index (κ1) is 29.1. The van der Waals surface area contributed by atoms with Crippen LogP contribution in [0.5, 0.6) is 0 Å². The fourth-order valence-corrected chi connectivity index (χ4v) is 5.46. The topological polar surface area (TPSA) is 53.0 Å². The van der Waals surface area contributed by atoms with Crippen molar-refractivity contribution < 1.29 is 45.4 Å². The van der Waals surface area contributed by atoms with Crippen LogP contribution >= 0.6 is 0 Å². The summed E-state index contributed by atoms with van der Waals surface area (Å²) in [6.45, 7) is 3.24. The summed E-state index contributed by atoms with van der Waals surface area (Å²) in [7, 11) is 0. The molecule has 1 N–H and O–H groups in total. The highest BCUT2D eigenvalue weighted by Crippen LogP contribution is 2.40. The standard InChI is InChI=1S/C27H29F7N2O3/c1-16(18-12-19(26(29,30)31)14-20(13-18)27(32,33)34)39-24-8-11-36(22-6-9-35(10-7-22)25(37)38)15-23(24)17-2-4-21(28)5-3-17/h2-5,12-14,16,22-24H,6-11,15H2,1H3,(H,37,38)/t16-,23-,24+/m1/s1. The second-order valence-electron chi connectivity index (χ2n) is 10.1. The Morgan fingerprint density at radius 3 is 2.00 bits per heavy atom. The van der Waals surface area contributed by atoms with Gasteiger partial charge in [-0.25, -0.2) is 9.18 Å². The lowest BCUT2D eigenvalue weighted by Gasteiger charge is -2.45. The minimum Gasteiger partial charge on any atom is -0.465 e. The van der Waals surface area contributed by atoms with Gasteiger partial charge in [-0.3, -0.25) is 4.90 Å². The summed E-state index contributed by atoms with van der Waals surface area (Å²) in [4.78, 5) is 14.8. The number of hydrogen-bond acceptors (Lipinski definition) is 3. The van der Waals surface area contributed by atoms with Crippen LogP contribution in [0.2, 0.25) is 0 Å². The number of nitrogens with zero attached hydrogens (tertiary/aromatic N) is 2. The normalized spacial score (nSPS) is 22.6. The Balaban J connectivity index is 1.56. The van der Waals surface area contributed by atoms with Gasteiger partial charge in [0.25, 0.3) is 0 Å². The highest BCUT2D eigenvalue weighted by atomic mass is 19.4. The van der Waals surface area contributed by atoms with Crippen molar-refractivity contribution in [3.63, 3.8) is 0 Å². The van der Waals surface area contributed by atoms with Gasteiger partial charge in [0, 0.05) is 38.1 Å². The van der Waals surface area contributed by atoms with E-state index in [0.29, 0.717) is 57.6 Å². The molecule has 5 nitrogen and oxygen atoms in total. The Morgan fingerprint density at radius 2 is 1.49 bits per heavy atom. The molecule has 2 heterocycles. The van der Waals surface area contributed by atoms with Gasteiger partial charge < -0.3 is 14.7 Å². The van der Waals surface area contributed by atoms with Crippen molar-refractivity contribution in [3.8, 4) is 0 Å². The van der Waals surface area contributed by atoms with Gasteiger partial charge in [-0.2, -0.15) is 26.3 Å². The van der Waals surface area contributed by atoms with Crippen LogP contribution in [0.3, 0.4) is 0 Å². The third kappa shape index (κ3) is 7.02. The van der Waals surface area contributed by atoms with E-state index < -0.39 is 47.6 Å². The second kappa shape index (κ2) is 11.3. The smallest absolute Gasteiger partial charge is 0.416 e. The van der Waals surface area contributed by atoms with Crippen LogP contribution in [0.4, 0.5) is 35.5 Å². The predicted octanol–water partition coefficient (Wildman–Crippen LogP) is 6.94. The number of amides is 1. The lowest BCUT2D eigenvalue weighted by atomic mass is 9.86. The number of carboxylic acid groups (broad SMARTS) is 1. The molecule has 0 spiro atoms. The van der Waals surface area contributed by atoms with Crippen molar-refractivity contribution in [2.24, 2.45) is 0 Å². The summed E-state index contributed by atoms with van der Waals surface area (Å²) < 4.78 is 100. The van der Waals surface area contributed by atoms with E-state index in [1.807, 2.05) is 0 Å². The van der Waals surface area contributed by atoms with Crippen LogP contribution in [0.15, 0.2) is 42.5 Å². The number of halogens is 7. The molecule has 214 valence electrons. The van der Waals surface area contributed by atoms with Crippen molar-refractivity contribution >= 4 is 6.09 Å². The maximum atomic E-state index is 13.6. The van der Waals surface area contributed by atoms with E-state index in [4.69, 9.17) is 4.74 Å². The van der Waals surface area contributed by atoms with Crippen molar-refractivity contribution in [3.05, 3.63) is 70.5 Å². The Morgan fingerprint density at radius 1 is 0.923 bits per heavy atom. The molecule has 12 heteroatoms. The van der Waals surface area contributed by atoms with Crippen molar-refractivity contribution in [2.75, 3.05) is 26.2 Å². The van der Waals surface area contributed by atoms with E-state index in [1.165, 1.54) is 24.0 Å². The monoisotopic (exact) mass is 562 g/mol. The van der Waals surface area contributed by atoms with Gasteiger partial charge in [-0.1, -0.05) is 12.1 Å². The quantitative estimate of drug-likeness (QED) is 0.401. The minimum absolute atomic E-state index is 0.0890. The molecule has 2 aromatic carbocycles. The highest BCUT2D eigenvalue weighted by Gasteiger charge is 2.39. The molecule has 1 amide bonds. The van der Waals surface area contributed by atoms with Crippen molar-refractivity contribution in [1.29, 1.82) is 0 Å². The number of likely N-dealkylation sites (tertiary alicyclic amines) is 2. The SMILES string of the molecule is C[C@@H](O[C@H]1CCN(C2CCN(C(=O)O)CC2)C[C@@H]1c1ccc(F)cc1)c1cc(C(F)(F)F)cc(C(F)(F)F)c1. The maximum Gasteiger partial charge on any atom is 0.416 e. The molecule has 2 fully saturated rings. The van der Waals surface area contributed by atoms with Gasteiger partial charge in [0.15, 0.2) is 0 Å². The first-order valence-corrected chi connectivity index (χ1v) is 12.6. The summed E-state index contributed by atoms with van der Waals surface area (Å²) in [5.74, 6) is -0.769. The molecular formula is C27H29F7N2O3. The number of rotatable bonds is 5. The lowest BCUT2D eigenvalue weighted by molar-refractivity contribution is -0.143. The van der Waals surface area contributed by atoms with Crippen molar-refractivity contribution in [2.45, 2.75) is 62.7 Å². The Kier molecular flexibility index (Phi) is 8.46. The molecule has 0 aliphatic carbocycles. The first-order valence-electron chi connectivity index (χ1n) is 12.6. The zero-order valence-electron chi connectivity index (χ0n) is 21.1. The molecule has 2 aliphatic rings. The molecule has 0 unspecified atom stereocenters. The fourth-order valence-electron chi connectivity index (χ4n) is 5.46. The molecule has 0 aromatic heterocycles. The third-order valence-electron chi connectivity index (χ3n) is 7.59. The minimum atomic E-state index is -4.96. The third-order valence-corrected chi connectivity index (χ3v) is 7.59. The Bertz CT molecular complexity index is 1110. The summed E-state index contributed by atoms with van der Waals surface area (Å²) in [5, 5.41) is 9.22. The van der Waals surface area contributed by atoms with Gasteiger partial charge in [0.2, 0.25) is 0 Å². The zero-order chi connectivity index (χ0) is 28.5. The Labute approximate surface area is 221 Å². The van der Waals surface area contributed by atoms with Gasteiger partial charge in [-0.15, -0.1) is 0 Å². The van der Waals surface area contributed by atoms with Gasteiger partial charge in [0.1, 0.15) is 5.82 Å². The molecule has 4 rings (SSSR count). The molecule has 3 atom stereocenters. The van der Waals surface area contributed by atoms with E-state index in [0.717, 1.165) is 5.56 Å². The molecule has 2 aliphatic heterocycles. The van der Waals surface area contributed by atoms with E-state index in [-0.39, 0.29) is 23.6 Å². The molecule has 39 heavy (non-hydrogen) atoms. The van der Waals surface area contributed by atoms with Gasteiger partial charge >= 0.3 is 18.4 Å². The molecular weight excluding hydrogens is 533 g/mol. The van der Waals surface area contributed by atoms with Crippen LogP contribution in [0, 0.1) is 5.82 Å². The molecule has 0 saturated carbocycles. The summed E-state index contributed by atoms with van der Waals surface area (Å²) in [5.41, 5.74) is -2.31. The molecule has 2 saturated heterocycles. The number of ether oxygens (including phenoxy) is 1. The number of carbonyl (C=O) groups is 1. The van der Waals surface area contributed by atoms with Gasteiger partial charge in [0.05, 0.1) is 23.3 Å². The second-order valence-corrected chi connectivity index (χ2v) is 10.1. The number of alkyl halides is 6. The largest absolute Gasteiger partial charge is 0.465 e. The number of benzene rings is 2. The van der Waals surface area contributed by atoms with Crippen LogP contribution in [-0.2, 0) is 17.1 Å². The summed E-state index contributed by atoms with van der Waals surface area (Å²) in [6, 6.07) is 7.35. The molecule has 2 aromatic rings. The number of hydrogen-bond donors (Lipinski definition) is 1. The van der Waals surface area contributed by atoms with E-state index >= 15 is 0 Å². The Hall–Kier alpha value is -2.86. The van der Waals surface area contributed by atoms with Crippen LogP contribution in [-0.4, -0.2) is 59.3 Å². The van der Waals surface area contributed by atoms with Crippen LogP contribution in [0.25, 0.3) is 0 Å². The summed E-state index contributed by atoms with van der Waals surface area (Å²) >= 11 is 0. The number of piperidine rings is 2. The van der Waals surface area contributed by atoms with E-state index in [9.17, 15) is 40.6 Å². The molecule has 0 bridgehead atoms. The highest BCUT2D eigenvalue weighted by molar-refractivity contribution is 5.65. The summed E-state index contributed by atoms with van der Waals surface area (Å²) in [6.07, 6.45) is -10.8. The van der Waals surface area contributed by atoms with Crippen molar-refractivity contribution in [1.82, 2.24) is 9.80 Å². The van der Waals surface area contributed by atoms with Gasteiger partial charge in [-0.05, 0) is 67.6 Å². The predicted molar refractivity (Wildman–Crippen MR) is 128 cm³/mol. The first-order chi connectivity index (χ1) is 18.2. The average Bonchev–Trinajstić information content (AvgIpc) is 2.88. The van der Waals surface area contributed by atoms with Crippen LogP contribution < -0.4 is 0 Å². The molecule has 0 radical (unpaired) electrons. The van der Waals surface area contributed by atoms with E-state index in [1.54, 1.807) is 12.1 Å². The van der Waals surface area contributed by atoms with Crippen LogP contribution in [0.1, 0.15) is 60.5 Å². The fraction of sp³-hybridized carbons (Fsp3) is 0.519. The average molecular weight is 563 g/mol. The van der Waals surface area contributed by atoms with E-state index in [2.05, 4.69) is 4.90 Å². The zero-order valence-corrected chi connectivity index (χ0v) is 21.1. The lowest BCUT2D eigenvalue weighted by Crippen LogP contribution is -2.52. The maximum absolute atomic E-state index is 13.6.